The van der Waals surface area contributed by atoms with Crippen LogP contribution in [0.2, 0.25) is 5.02 Å². The van der Waals surface area contributed by atoms with E-state index in [-0.39, 0.29) is 11.3 Å². The Kier molecular flexibility index (Phi) is 1.58. The molecule has 0 aromatic heterocycles. The highest BCUT2D eigenvalue weighted by Gasteiger charge is 2.56. The van der Waals surface area contributed by atoms with Gasteiger partial charge in [-0.1, -0.05) is 11.6 Å². The maximum Gasteiger partial charge on any atom is 0.235 e. The van der Waals surface area contributed by atoms with E-state index >= 15 is 0 Å². The van der Waals surface area contributed by atoms with Crippen LogP contribution in [-0.2, 0) is 10.2 Å². The summed E-state index contributed by atoms with van der Waals surface area (Å²) in [5.74, 6) is 0.127. The third kappa shape index (κ3) is 0.943. The van der Waals surface area contributed by atoms with Gasteiger partial charge in [0.15, 0.2) is 0 Å². The normalized spacial score (nSPS) is 20.9. The number of benzene rings is 1. The molecule has 1 heterocycles. The first kappa shape index (κ1) is 8.74. The van der Waals surface area contributed by atoms with Crippen molar-refractivity contribution in [3.8, 4) is 0 Å². The van der Waals surface area contributed by atoms with Crippen LogP contribution in [0.3, 0.4) is 0 Å². The quantitative estimate of drug-likeness (QED) is 0.772. The summed E-state index contributed by atoms with van der Waals surface area (Å²) in [7, 11) is 0. The van der Waals surface area contributed by atoms with Crippen molar-refractivity contribution in [2.24, 2.45) is 0 Å². The maximum atomic E-state index is 11.7. The molecule has 1 saturated carbocycles. The lowest BCUT2D eigenvalue weighted by Crippen LogP contribution is -2.18. The number of rotatable bonds is 0. The lowest BCUT2D eigenvalue weighted by atomic mass is 9.98. The van der Waals surface area contributed by atoms with Crippen molar-refractivity contribution in [1.82, 2.24) is 0 Å². The number of halogens is 2. The van der Waals surface area contributed by atoms with Crippen molar-refractivity contribution in [2.75, 3.05) is 5.32 Å². The van der Waals surface area contributed by atoms with Gasteiger partial charge < -0.3 is 5.32 Å². The third-order valence-electron chi connectivity index (χ3n) is 3.01. The van der Waals surface area contributed by atoms with Gasteiger partial charge in [-0.05, 0) is 46.5 Å². The number of hydrogen-bond donors (Lipinski definition) is 1. The molecular formula is C10H7BrClNO. The van der Waals surface area contributed by atoms with E-state index in [0.29, 0.717) is 5.02 Å². The molecule has 2 aliphatic rings. The molecule has 1 amide bonds. The summed E-state index contributed by atoms with van der Waals surface area (Å²) in [6.07, 6.45) is 1.92. The zero-order valence-corrected chi connectivity index (χ0v) is 9.58. The molecule has 1 aliphatic heterocycles. The molecule has 1 N–H and O–H groups in total. The molecule has 1 fully saturated rings. The Bertz CT molecular complexity index is 454. The van der Waals surface area contributed by atoms with Crippen LogP contribution in [0.5, 0.6) is 0 Å². The average Bonchev–Trinajstić information content (AvgIpc) is 2.87. The van der Waals surface area contributed by atoms with Gasteiger partial charge in [-0.3, -0.25) is 4.79 Å². The van der Waals surface area contributed by atoms with Gasteiger partial charge in [0.2, 0.25) is 5.91 Å². The Morgan fingerprint density at radius 2 is 2.14 bits per heavy atom. The first-order valence-corrected chi connectivity index (χ1v) is 5.61. The fourth-order valence-electron chi connectivity index (χ4n) is 2.03. The minimum atomic E-state index is -0.220. The van der Waals surface area contributed by atoms with Crippen LogP contribution >= 0.6 is 27.5 Å². The van der Waals surface area contributed by atoms with Crippen molar-refractivity contribution in [3.05, 3.63) is 27.2 Å². The van der Waals surface area contributed by atoms with Crippen molar-refractivity contribution >= 4 is 39.1 Å². The first-order chi connectivity index (χ1) is 6.63. The Hall–Kier alpha value is -0.540. The molecule has 2 nitrogen and oxygen atoms in total. The Balaban J connectivity index is 2.24. The third-order valence-corrected chi connectivity index (χ3v) is 4.21. The fraction of sp³-hybridized carbons (Fsp3) is 0.300. The summed E-state index contributed by atoms with van der Waals surface area (Å²) in [6, 6.07) is 3.77. The number of carbonyl (C=O) groups is 1. The van der Waals surface area contributed by atoms with E-state index in [0.717, 1.165) is 28.6 Å². The van der Waals surface area contributed by atoms with Crippen LogP contribution in [-0.4, -0.2) is 5.91 Å². The van der Waals surface area contributed by atoms with Gasteiger partial charge in [0.05, 0.1) is 10.4 Å². The molecule has 1 aliphatic carbocycles. The van der Waals surface area contributed by atoms with E-state index in [1.807, 2.05) is 12.1 Å². The van der Waals surface area contributed by atoms with Gasteiger partial charge >= 0.3 is 0 Å². The molecule has 1 aromatic carbocycles. The first-order valence-electron chi connectivity index (χ1n) is 4.44. The number of hydrogen-bond acceptors (Lipinski definition) is 1. The molecule has 0 unspecified atom stereocenters. The number of amides is 1. The molecule has 0 bridgehead atoms. The van der Waals surface area contributed by atoms with Crippen LogP contribution in [0, 0.1) is 0 Å². The number of carbonyl (C=O) groups excluding carboxylic acids is 1. The van der Waals surface area contributed by atoms with E-state index in [9.17, 15) is 4.79 Å². The number of anilines is 1. The smallest absolute Gasteiger partial charge is 0.235 e. The van der Waals surface area contributed by atoms with Crippen LogP contribution in [0.25, 0.3) is 0 Å². The van der Waals surface area contributed by atoms with Crippen LogP contribution in [0.4, 0.5) is 5.69 Å². The average molecular weight is 273 g/mol. The van der Waals surface area contributed by atoms with E-state index in [4.69, 9.17) is 11.6 Å². The van der Waals surface area contributed by atoms with Crippen molar-refractivity contribution in [1.29, 1.82) is 0 Å². The van der Waals surface area contributed by atoms with Gasteiger partial charge in [-0.25, -0.2) is 0 Å². The summed E-state index contributed by atoms with van der Waals surface area (Å²) in [5, 5.41) is 3.51. The molecule has 72 valence electrons. The monoisotopic (exact) mass is 271 g/mol. The topological polar surface area (TPSA) is 29.1 Å². The van der Waals surface area contributed by atoms with E-state index < -0.39 is 0 Å². The number of fused-ring (bicyclic) bond motifs is 2. The minimum absolute atomic E-state index is 0.127. The Morgan fingerprint density at radius 1 is 1.43 bits per heavy atom. The highest BCUT2D eigenvalue weighted by Crippen LogP contribution is 2.56. The molecule has 0 saturated heterocycles. The summed E-state index contributed by atoms with van der Waals surface area (Å²) in [6.45, 7) is 0. The second-order valence-electron chi connectivity index (χ2n) is 3.85. The standard InChI is InChI=1S/C10H7BrClNO/c11-6-3-5-8(4-7(6)12)13-9(14)10(5)1-2-10/h3-4H,1-2H2,(H,13,14). The van der Waals surface area contributed by atoms with Crippen molar-refractivity contribution < 1.29 is 4.79 Å². The van der Waals surface area contributed by atoms with Crippen molar-refractivity contribution in [2.45, 2.75) is 18.3 Å². The Labute approximate surface area is 94.8 Å². The summed E-state index contributed by atoms with van der Waals surface area (Å²) < 4.78 is 0.862. The van der Waals surface area contributed by atoms with Gasteiger partial charge in [-0.15, -0.1) is 0 Å². The second kappa shape index (κ2) is 2.52. The largest absolute Gasteiger partial charge is 0.325 e. The van der Waals surface area contributed by atoms with E-state index in [2.05, 4.69) is 21.2 Å². The van der Waals surface area contributed by atoms with Crippen LogP contribution < -0.4 is 5.32 Å². The molecular weight excluding hydrogens is 265 g/mol. The SMILES string of the molecule is O=C1Nc2cc(Cl)c(Br)cc2C12CC2. The molecule has 14 heavy (non-hydrogen) atoms. The van der Waals surface area contributed by atoms with Crippen molar-refractivity contribution in [3.63, 3.8) is 0 Å². The molecule has 0 radical (unpaired) electrons. The molecule has 0 atom stereocenters. The summed E-state index contributed by atoms with van der Waals surface area (Å²) in [4.78, 5) is 11.7. The van der Waals surface area contributed by atoms with Gasteiger partial charge in [0.1, 0.15) is 0 Å². The maximum absolute atomic E-state index is 11.7. The van der Waals surface area contributed by atoms with Crippen LogP contribution in [0.15, 0.2) is 16.6 Å². The number of nitrogens with one attached hydrogen (secondary N) is 1. The van der Waals surface area contributed by atoms with Gasteiger partial charge in [-0.2, -0.15) is 0 Å². The molecule has 1 aromatic rings. The lowest BCUT2D eigenvalue weighted by molar-refractivity contribution is -0.117. The predicted molar refractivity (Wildman–Crippen MR) is 58.7 cm³/mol. The Morgan fingerprint density at radius 3 is 2.79 bits per heavy atom. The highest BCUT2D eigenvalue weighted by atomic mass is 79.9. The predicted octanol–water partition coefficient (Wildman–Crippen LogP) is 3.09. The van der Waals surface area contributed by atoms with Gasteiger partial charge in [0.25, 0.3) is 0 Å². The highest BCUT2D eigenvalue weighted by molar-refractivity contribution is 9.10. The summed E-state index contributed by atoms with van der Waals surface area (Å²) >= 11 is 9.33. The van der Waals surface area contributed by atoms with Crippen LogP contribution in [0.1, 0.15) is 18.4 Å². The minimum Gasteiger partial charge on any atom is -0.325 e. The fourth-order valence-corrected chi connectivity index (χ4v) is 2.54. The second-order valence-corrected chi connectivity index (χ2v) is 5.11. The summed E-state index contributed by atoms with van der Waals surface area (Å²) in [5.41, 5.74) is 1.75. The zero-order valence-electron chi connectivity index (χ0n) is 7.23. The molecule has 3 rings (SSSR count). The van der Waals surface area contributed by atoms with E-state index in [1.54, 1.807) is 0 Å². The van der Waals surface area contributed by atoms with E-state index in [1.165, 1.54) is 0 Å². The lowest BCUT2D eigenvalue weighted by Gasteiger charge is -2.05. The molecule has 1 spiro atoms. The van der Waals surface area contributed by atoms with Gasteiger partial charge in [0, 0.05) is 10.2 Å². The zero-order chi connectivity index (χ0) is 9.92. The molecule has 4 heteroatoms.